The first-order valence-electron chi connectivity index (χ1n) is 7.03. The number of hydrogen-bond donors (Lipinski definition) is 1. The predicted octanol–water partition coefficient (Wildman–Crippen LogP) is 3.72. The van der Waals surface area contributed by atoms with E-state index in [0.29, 0.717) is 5.02 Å². The van der Waals surface area contributed by atoms with Gasteiger partial charge in [0.25, 0.3) is 0 Å². The first-order chi connectivity index (χ1) is 10.1. The first-order valence-corrected chi connectivity index (χ1v) is 8.40. The van der Waals surface area contributed by atoms with Crippen molar-refractivity contribution in [2.24, 2.45) is 4.99 Å². The highest BCUT2D eigenvalue weighted by molar-refractivity contribution is 8.14. The fourth-order valence-electron chi connectivity index (χ4n) is 2.60. The Morgan fingerprint density at radius 2 is 2.14 bits per heavy atom. The molecule has 1 aromatic carbocycles. The van der Waals surface area contributed by atoms with Crippen LogP contribution in [0.25, 0.3) is 0 Å². The van der Waals surface area contributed by atoms with E-state index in [4.69, 9.17) is 26.1 Å². The molecule has 2 aliphatic heterocycles. The largest absolute Gasteiger partial charge is 0.495 e. The fourth-order valence-corrected chi connectivity index (χ4v) is 3.95. The van der Waals surface area contributed by atoms with Crippen LogP contribution in [0.4, 0.5) is 5.69 Å². The van der Waals surface area contributed by atoms with Gasteiger partial charge in [0.1, 0.15) is 5.75 Å². The molecule has 2 heterocycles. The predicted molar refractivity (Wildman–Crippen MR) is 89.0 cm³/mol. The molecule has 0 atom stereocenters. The number of aryl methyl sites for hydroxylation is 1. The van der Waals surface area contributed by atoms with Gasteiger partial charge in [0.2, 0.25) is 0 Å². The SMILES string of the molecule is COc1cc(Cl)c(C)cc1NC1=NC2(CCOCC2)CS1. The van der Waals surface area contributed by atoms with Gasteiger partial charge < -0.3 is 14.8 Å². The number of halogens is 1. The van der Waals surface area contributed by atoms with Crippen molar-refractivity contribution >= 4 is 34.2 Å². The molecule has 0 bridgehead atoms. The van der Waals surface area contributed by atoms with Gasteiger partial charge in [-0.15, -0.1) is 0 Å². The fraction of sp³-hybridized carbons (Fsp3) is 0.533. The van der Waals surface area contributed by atoms with Crippen LogP contribution in [0.5, 0.6) is 5.75 Å². The summed E-state index contributed by atoms with van der Waals surface area (Å²) >= 11 is 7.91. The molecule has 1 saturated heterocycles. The summed E-state index contributed by atoms with van der Waals surface area (Å²) in [6.45, 7) is 3.60. The minimum absolute atomic E-state index is 0.0555. The zero-order valence-electron chi connectivity index (χ0n) is 12.2. The average molecular weight is 327 g/mol. The summed E-state index contributed by atoms with van der Waals surface area (Å²) in [5.41, 5.74) is 1.99. The van der Waals surface area contributed by atoms with Crippen LogP contribution in [0.15, 0.2) is 17.1 Å². The van der Waals surface area contributed by atoms with E-state index in [-0.39, 0.29) is 5.54 Å². The molecule has 4 nitrogen and oxygen atoms in total. The summed E-state index contributed by atoms with van der Waals surface area (Å²) in [7, 11) is 1.65. The highest BCUT2D eigenvalue weighted by atomic mass is 35.5. The van der Waals surface area contributed by atoms with Gasteiger partial charge in [-0.25, -0.2) is 0 Å². The molecule has 1 spiro atoms. The highest BCUT2D eigenvalue weighted by Gasteiger charge is 2.37. The van der Waals surface area contributed by atoms with E-state index < -0.39 is 0 Å². The van der Waals surface area contributed by atoms with Crippen molar-refractivity contribution in [3.05, 3.63) is 22.7 Å². The van der Waals surface area contributed by atoms with Gasteiger partial charge in [0.05, 0.1) is 18.3 Å². The average Bonchev–Trinajstić information content (AvgIpc) is 2.86. The second-order valence-electron chi connectivity index (χ2n) is 5.47. The van der Waals surface area contributed by atoms with Gasteiger partial charge in [0, 0.05) is 30.1 Å². The van der Waals surface area contributed by atoms with E-state index in [1.54, 1.807) is 18.9 Å². The van der Waals surface area contributed by atoms with Crippen molar-refractivity contribution < 1.29 is 9.47 Å². The molecule has 0 aromatic heterocycles. The number of thioether (sulfide) groups is 1. The summed E-state index contributed by atoms with van der Waals surface area (Å²) in [6.07, 6.45) is 2.00. The van der Waals surface area contributed by atoms with Crippen molar-refractivity contribution in [1.29, 1.82) is 0 Å². The third kappa shape index (κ3) is 3.15. The maximum absolute atomic E-state index is 6.14. The van der Waals surface area contributed by atoms with Crippen molar-refractivity contribution in [3.63, 3.8) is 0 Å². The topological polar surface area (TPSA) is 42.8 Å². The monoisotopic (exact) mass is 326 g/mol. The summed E-state index contributed by atoms with van der Waals surface area (Å²) < 4.78 is 10.8. The maximum Gasteiger partial charge on any atom is 0.161 e. The second kappa shape index (κ2) is 6.07. The van der Waals surface area contributed by atoms with E-state index in [0.717, 1.165) is 54.0 Å². The Kier molecular flexibility index (Phi) is 4.33. The number of nitrogens with zero attached hydrogens (tertiary/aromatic N) is 1. The van der Waals surface area contributed by atoms with Crippen molar-refractivity contribution in [2.45, 2.75) is 25.3 Å². The van der Waals surface area contributed by atoms with Gasteiger partial charge in [-0.05, 0) is 31.4 Å². The van der Waals surface area contributed by atoms with Crippen LogP contribution in [0.2, 0.25) is 5.02 Å². The lowest BCUT2D eigenvalue weighted by molar-refractivity contribution is 0.0624. The molecule has 0 unspecified atom stereocenters. The van der Waals surface area contributed by atoms with Crippen molar-refractivity contribution in [2.75, 3.05) is 31.4 Å². The number of aliphatic imine (C=N–C) groups is 1. The maximum atomic E-state index is 6.14. The summed E-state index contributed by atoms with van der Waals surface area (Å²) in [5, 5.41) is 5.05. The number of amidine groups is 1. The minimum Gasteiger partial charge on any atom is -0.495 e. The molecule has 6 heteroatoms. The van der Waals surface area contributed by atoms with Crippen LogP contribution in [-0.2, 0) is 4.74 Å². The molecule has 114 valence electrons. The quantitative estimate of drug-likeness (QED) is 0.899. The first kappa shape index (κ1) is 15.0. The smallest absolute Gasteiger partial charge is 0.161 e. The Morgan fingerprint density at radius 3 is 2.86 bits per heavy atom. The Bertz CT molecular complexity index is 571. The van der Waals surface area contributed by atoms with E-state index >= 15 is 0 Å². The van der Waals surface area contributed by atoms with Crippen LogP contribution >= 0.6 is 23.4 Å². The molecule has 0 amide bonds. The van der Waals surface area contributed by atoms with Crippen LogP contribution in [-0.4, -0.2) is 36.8 Å². The number of benzene rings is 1. The summed E-state index contributed by atoms with van der Waals surface area (Å²) in [6, 6.07) is 3.84. The molecule has 21 heavy (non-hydrogen) atoms. The normalized spacial score (nSPS) is 20.4. The molecule has 3 rings (SSSR count). The Labute approximate surface area is 134 Å². The number of nitrogens with one attached hydrogen (secondary N) is 1. The number of methoxy groups -OCH3 is 1. The van der Waals surface area contributed by atoms with Gasteiger partial charge in [0.15, 0.2) is 5.17 Å². The Balaban J connectivity index is 1.81. The molecule has 1 fully saturated rings. The molecule has 2 aliphatic rings. The van der Waals surface area contributed by atoms with Crippen LogP contribution in [0.3, 0.4) is 0 Å². The zero-order chi connectivity index (χ0) is 14.9. The number of anilines is 1. The molecule has 0 radical (unpaired) electrons. The van der Waals surface area contributed by atoms with Crippen LogP contribution in [0.1, 0.15) is 18.4 Å². The van der Waals surface area contributed by atoms with Crippen molar-refractivity contribution in [3.8, 4) is 5.75 Å². The lowest BCUT2D eigenvalue weighted by Gasteiger charge is -2.29. The van der Waals surface area contributed by atoms with Gasteiger partial charge >= 0.3 is 0 Å². The summed E-state index contributed by atoms with van der Waals surface area (Å²) in [5.74, 6) is 1.76. The van der Waals surface area contributed by atoms with E-state index in [9.17, 15) is 0 Å². The number of rotatable bonds is 2. The standard InChI is InChI=1S/C15H19ClN2O2S/c1-10-7-12(13(19-2)8-11(10)16)17-14-18-15(9-21-14)3-5-20-6-4-15/h7-8H,3-6,9H2,1-2H3,(H,17,18). The minimum atomic E-state index is 0.0555. The van der Waals surface area contributed by atoms with E-state index in [1.165, 1.54) is 0 Å². The Hall–Kier alpha value is -0.910. The summed E-state index contributed by atoms with van der Waals surface area (Å²) in [4.78, 5) is 4.90. The van der Waals surface area contributed by atoms with Crippen molar-refractivity contribution in [1.82, 2.24) is 0 Å². The van der Waals surface area contributed by atoms with Crippen LogP contribution < -0.4 is 10.1 Å². The van der Waals surface area contributed by atoms with Crippen LogP contribution in [0, 0.1) is 6.92 Å². The molecule has 1 N–H and O–H groups in total. The van der Waals surface area contributed by atoms with Gasteiger partial charge in [-0.3, -0.25) is 4.99 Å². The number of hydrogen-bond acceptors (Lipinski definition) is 5. The molecular weight excluding hydrogens is 308 g/mol. The van der Waals surface area contributed by atoms with E-state index in [1.807, 2.05) is 19.1 Å². The lowest BCUT2D eigenvalue weighted by atomic mass is 9.93. The highest BCUT2D eigenvalue weighted by Crippen LogP contribution is 2.38. The zero-order valence-corrected chi connectivity index (χ0v) is 13.8. The van der Waals surface area contributed by atoms with Gasteiger partial charge in [-0.2, -0.15) is 0 Å². The second-order valence-corrected chi connectivity index (χ2v) is 6.84. The van der Waals surface area contributed by atoms with Gasteiger partial charge in [-0.1, -0.05) is 23.4 Å². The molecule has 1 aromatic rings. The molecule has 0 saturated carbocycles. The third-order valence-electron chi connectivity index (χ3n) is 3.96. The molecule has 0 aliphatic carbocycles. The number of ether oxygens (including phenoxy) is 2. The third-order valence-corrected chi connectivity index (χ3v) is 5.52. The lowest BCUT2D eigenvalue weighted by Crippen LogP contribution is -2.34. The molecular formula is C15H19ClN2O2S. The van der Waals surface area contributed by atoms with E-state index in [2.05, 4.69) is 5.32 Å². The Morgan fingerprint density at radius 1 is 1.38 bits per heavy atom.